The number of para-hydroxylation sites is 1. The second-order valence-corrected chi connectivity index (χ2v) is 5.92. The molecular weight excluding hydrogens is 424 g/mol. The van der Waals surface area contributed by atoms with E-state index in [0.717, 1.165) is 9.13 Å². The van der Waals surface area contributed by atoms with Crippen molar-refractivity contribution in [2.45, 2.75) is 6.92 Å². The Bertz CT molecular complexity index is 625. The Morgan fingerprint density at radius 1 is 1.26 bits per heavy atom. The lowest BCUT2D eigenvalue weighted by molar-refractivity contribution is 0.102. The highest BCUT2D eigenvalue weighted by Gasteiger charge is 2.15. The predicted octanol–water partition coefficient (Wildman–Crippen LogP) is 4.75. The fourth-order valence-electron chi connectivity index (χ4n) is 1.62. The van der Waals surface area contributed by atoms with Gasteiger partial charge in [-0.25, -0.2) is 4.39 Å². The summed E-state index contributed by atoms with van der Waals surface area (Å²) in [5.41, 5.74) is 1.71. The molecule has 1 amide bonds. The number of hydrogen-bond donors (Lipinski definition) is 1. The SMILES string of the molecule is Cc1cccc(C(=O)Nc2c(F)cccc2Br)c1I. The topological polar surface area (TPSA) is 29.1 Å². The molecular formula is C14H10BrFINO. The zero-order valence-electron chi connectivity index (χ0n) is 10.0. The van der Waals surface area contributed by atoms with Crippen molar-refractivity contribution in [1.29, 1.82) is 0 Å². The summed E-state index contributed by atoms with van der Waals surface area (Å²) in [5.74, 6) is -0.788. The molecule has 0 saturated heterocycles. The number of aryl methyl sites for hydroxylation is 1. The Morgan fingerprint density at radius 2 is 1.95 bits per heavy atom. The van der Waals surface area contributed by atoms with Crippen LogP contribution in [0.3, 0.4) is 0 Å². The fraction of sp³-hybridized carbons (Fsp3) is 0.0714. The van der Waals surface area contributed by atoms with Crippen molar-refractivity contribution in [3.63, 3.8) is 0 Å². The molecule has 2 rings (SSSR count). The lowest BCUT2D eigenvalue weighted by atomic mass is 10.1. The van der Waals surface area contributed by atoms with Crippen LogP contribution in [0.4, 0.5) is 10.1 Å². The van der Waals surface area contributed by atoms with E-state index in [4.69, 9.17) is 0 Å². The first kappa shape index (κ1) is 14.5. The number of rotatable bonds is 2. The molecule has 98 valence electrons. The number of nitrogens with one attached hydrogen (secondary N) is 1. The van der Waals surface area contributed by atoms with Gasteiger partial charge in [0.05, 0.1) is 11.3 Å². The maximum atomic E-state index is 13.7. The molecule has 19 heavy (non-hydrogen) atoms. The van der Waals surface area contributed by atoms with Crippen LogP contribution in [0.2, 0.25) is 0 Å². The first-order chi connectivity index (χ1) is 9.00. The summed E-state index contributed by atoms with van der Waals surface area (Å²) in [6.45, 7) is 1.93. The van der Waals surface area contributed by atoms with Crippen molar-refractivity contribution in [2.24, 2.45) is 0 Å². The minimum Gasteiger partial charge on any atom is -0.318 e. The summed E-state index contributed by atoms with van der Waals surface area (Å²) in [4.78, 5) is 12.2. The number of benzene rings is 2. The predicted molar refractivity (Wildman–Crippen MR) is 85.9 cm³/mol. The van der Waals surface area contributed by atoms with Gasteiger partial charge in [-0.2, -0.15) is 0 Å². The molecule has 0 saturated carbocycles. The van der Waals surface area contributed by atoms with Gasteiger partial charge in [-0.15, -0.1) is 0 Å². The Kier molecular flexibility index (Phi) is 4.57. The molecule has 0 radical (unpaired) electrons. The van der Waals surface area contributed by atoms with Gasteiger partial charge in [-0.1, -0.05) is 18.2 Å². The normalized spacial score (nSPS) is 10.3. The van der Waals surface area contributed by atoms with Gasteiger partial charge in [0, 0.05) is 8.04 Å². The summed E-state index contributed by atoms with van der Waals surface area (Å²) in [6.07, 6.45) is 0. The fourth-order valence-corrected chi connectivity index (χ4v) is 2.67. The van der Waals surface area contributed by atoms with Gasteiger partial charge < -0.3 is 5.32 Å². The number of halogens is 3. The molecule has 2 aromatic rings. The molecule has 0 aliphatic carbocycles. The smallest absolute Gasteiger partial charge is 0.256 e. The van der Waals surface area contributed by atoms with E-state index in [0.29, 0.717) is 10.0 Å². The maximum Gasteiger partial charge on any atom is 0.256 e. The second-order valence-electron chi connectivity index (χ2n) is 3.99. The largest absolute Gasteiger partial charge is 0.318 e. The highest BCUT2D eigenvalue weighted by Crippen LogP contribution is 2.26. The van der Waals surface area contributed by atoms with Crippen molar-refractivity contribution in [3.05, 3.63) is 61.4 Å². The van der Waals surface area contributed by atoms with Crippen molar-refractivity contribution in [1.82, 2.24) is 0 Å². The zero-order valence-corrected chi connectivity index (χ0v) is 13.7. The lowest BCUT2D eigenvalue weighted by Gasteiger charge is -2.10. The van der Waals surface area contributed by atoms with Gasteiger partial charge in [0.25, 0.3) is 5.91 Å². The summed E-state index contributed by atoms with van der Waals surface area (Å²) in [5, 5.41) is 2.60. The van der Waals surface area contributed by atoms with Crippen LogP contribution in [0.15, 0.2) is 40.9 Å². The van der Waals surface area contributed by atoms with Crippen LogP contribution >= 0.6 is 38.5 Å². The third-order valence-corrected chi connectivity index (χ3v) is 4.73. The van der Waals surface area contributed by atoms with Crippen molar-refractivity contribution >= 4 is 50.1 Å². The van der Waals surface area contributed by atoms with Gasteiger partial charge in [-0.3, -0.25) is 4.79 Å². The number of amides is 1. The van der Waals surface area contributed by atoms with Crippen molar-refractivity contribution in [2.75, 3.05) is 5.32 Å². The van der Waals surface area contributed by atoms with Gasteiger partial charge in [0.15, 0.2) is 0 Å². The van der Waals surface area contributed by atoms with Crippen LogP contribution in [0.5, 0.6) is 0 Å². The zero-order chi connectivity index (χ0) is 14.0. The van der Waals surface area contributed by atoms with Crippen molar-refractivity contribution in [3.8, 4) is 0 Å². The summed E-state index contributed by atoms with van der Waals surface area (Å²) in [7, 11) is 0. The Hall–Kier alpha value is -0.950. The summed E-state index contributed by atoms with van der Waals surface area (Å²) >= 11 is 5.34. The highest BCUT2D eigenvalue weighted by molar-refractivity contribution is 14.1. The number of hydrogen-bond acceptors (Lipinski definition) is 1. The van der Waals surface area contributed by atoms with E-state index < -0.39 is 5.82 Å². The third-order valence-electron chi connectivity index (χ3n) is 2.64. The van der Waals surface area contributed by atoms with Gasteiger partial charge in [0.1, 0.15) is 5.82 Å². The van der Waals surface area contributed by atoms with Crippen LogP contribution in [-0.4, -0.2) is 5.91 Å². The summed E-state index contributed by atoms with van der Waals surface area (Å²) < 4.78 is 15.0. The molecule has 0 spiro atoms. The summed E-state index contributed by atoms with van der Waals surface area (Å²) in [6, 6.07) is 10.0. The standard InChI is InChI=1S/C14H10BrFINO/c1-8-4-2-5-9(12(8)17)14(19)18-13-10(15)6-3-7-11(13)16/h2-7H,1H3,(H,18,19). The van der Waals surface area contributed by atoms with Gasteiger partial charge in [0.2, 0.25) is 0 Å². The van der Waals surface area contributed by atoms with Crippen molar-refractivity contribution < 1.29 is 9.18 Å². The monoisotopic (exact) mass is 433 g/mol. The van der Waals surface area contributed by atoms with E-state index in [2.05, 4.69) is 43.8 Å². The minimum absolute atomic E-state index is 0.157. The molecule has 0 fully saturated rings. The number of carbonyl (C=O) groups is 1. The molecule has 0 bridgehead atoms. The van der Waals surface area contributed by atoms with Crippen LogP contribution in [0.25, 0.3) is 0 Å². The molecule has 0 aliphatic heterocycles. The quantitative estimate of drug-likeness (QED) is 0.680. The minimum atomic E-state index is -0.467. The van der Waals surface area contributed by atoms with E-state index in [9.17, 15) is 9.18 Å². The van der Waals surface area contributed by atoms with Crippen LogP contribution in [0.1, 0.15) is 15.9 Å². The van der Waals surface area contributed by atoms with Gasteiger partial charge in [-0.05, 0) is 69.2 Å². The molecule has 0 atom stereocenters. The molecule has 2 nitrogen and oxygen atoms in total. The first-order valence-electron chi connectivity index (χ1n) is 5.51. The first-order valence-corrected chi connectivity index (χ1v) is 7.38. The molecule has 2 aromatic carbocycles. The molecule has 1 N–H and O–H groups in total. The van der Waals surface area contributed by atoms with E-state index in [1.807, 2.05) is 19.1 Å². The maximum absolute atomic E-state index is 13.7. The molecule has 0 unspecified atom stereocenters. The van der Waals surface area contributed by atoms with E-state index >= 15 is 0 Å². The van der Waals surface area contributed by atoms with E-state index in [1.54, 1.807) is 18.2 Å². The molecule has 0 heterocycles. The Balaban J connectivity index is 2.34. The van der Waals surface area contributed by atoms with E-state index in [1.165, 1.54) is 6.07 Å². The van der Waals surface area contributed by atoms with E-state index in [-0.39, 0.29) is 11.6 Å². The average molecular weight is 434 g/mol. The average Bonchev–Trinajstić information content (AvgIpc) is 2.37. The lowest BCUT2D eigenvalue weighted by Crippen LogP contribution is -2.15. The Labute approximate surface area is 132 Å². The molecule has 0 aromatic heterocycles. The molecule has 0 aliphatic rings. The number of anilines is 1. The van der Waals surface area contributed by atoms with Gasteiger partial charge >= 0.3 is 0 Å². The van der Waals surface area contributed by atoms with Crippen LogP contribution in [0, 0.1) is 16.3 Å². The molecule has 5 heteroatoms. The number of carbonyl (C=O) groups excluding carboxylic acids is 1. The van der Waals surface area contributed by atoms with Crippen LogP contribution < -0.4 is 5.32 Å². The second kappa shape index (κ2) is 6.00. The van der Waals surface area contributed by atoms with Crippen LogP contribution in [-0.2, 0) is 0 Å². The highest BCUT2D eigenvalue weighted by atomic mass is 127. The third kappa shape index (κ3) is 3.14. The Morgan fingerprint density at radius 3 is 2.63 bits per heavy atom.